The van der Waals surface area contributed by atoms with Crippen molar-refractivity contribution in [3.05, 3.63) is 0 Å². The molecule has 0 saturated carbocycles. The fraction of sp³-hybridized carbons (Fsp3) is 0.889. The Kier molecular flexibility index (Phi) is 4.71. The van der Waals surface area contributed by atoms with Gasteiger partial charge in [-0.2, -0.15) is 0 Å². The van der Waals surface area contributed by atoms with Crippen LogP contribution in [0.15, 0.2) is 0 Å². The standard InChI is InChI=1S/C9H19NO2/c1-4-6-9(3,7-5-2)10-8(11)12/h10H,4-7H2,1-3H3,(H,11,12). The fourth-order valence-corrected chi connectivity index (χ4v) is 1.61. The maximum absolute atomic E-state index is 10.5. The van der Waals surface area contributed by atoms with Gasteiger partial charge >= 0.3 is 6.09 Å². The highest BCUT2D eigenvalue weighted by atomic mass is 16.4. The summed E-state index contributed by atoms with van der Waals surface area (Å²) < 4.78 is 0. The van der Waals surface area contributed by atoms with Crippen LogP contribution < -0.4 is 5.32 Å². The summed E-state index contributed by atoms with van der Waals surface area (Å²) in [5.74, 6) is 0. The minimum Gasteiger partial charge on any atom is -0.465 e. The van der Waals surface area contributed by atoms with Gasteiger partial charge < -0.3 is 10.4 Å². The monoisotopic (exact) mass is 173 g/mol. The number of amides is 1. The van der Waals surface area contributed by atoms with Crippen LogP contribution in [-0.4, -0.2) is 16.7 Å². The minimum atomic E-state index is -0.917. The zero-order chi connectivity index (χ0) is 9.61. The van der Waals surface area contributed by atoms with Crippen LogP contribution in [0.1, 0.15) is 46.5 Å². The van der Waals surface area contributed by atoms with Gasteiger partial charge in [0.15, 0.2) is 0 Å². The third-order valence-corrected chi connectivity index (χ3v) is 2.01. The molecular formula is C9H19NO2. The quantitative estimate of drug-likeness (QED) is 0.671. The van der Waals surface area contributed by atoms with Gasteiger partial charge in [0.1, 0.15) is 0 Å². The molecule has 0 fully saturated rings. The van der Waals surface area contributed by atoms with E-state index < -0.39 is 6.09 Å². The maximum atomic E-state index is 10.5. The van der Waals surface area contributed by atoms with Crippen molar-refractivity contribution in [3.8, 4) is 0 Å². The van der Waals surface area contributed by atoms with Crippen LogP contribution >= 0.6 is 0 Å². The van der Waals surface area contributed by atoms with Crippen molar-refractivity contribution in [2.45, 2.75) is 52.0 Å². The normalized spacial score (nSPS) is 11.2. The number of carboxylic acid groups (broad SMARTS) is 1. The maximum Gasteiger partial charge on any atom is 0.405 e. The summed E-state index contributed by atoms with van der Waals surface area (Å²) in [5, 5.41) is 11.2. The largest absolute Gasteiger partial charge is 0.465 e. The summed E-state index contributed by atoms with van der Waals surface area (Å²) in [4.78, 5) is 10.5. The lowest BCUT2D eigenvalue weighted by Crippen LogP contribution is -2.45. The molecule has 2 N–H and O–H groups in total. The summed E-state index contributed by atoms with van der Waals surface area (Å²) in [7, 11) is 0. The molecule has 0 rings (SSSR count). The Hall–Kier alpha value is -0.730. The van der Waals surface area contributed by atoms with E-state index in [0.717, 1.165) is 25.7 Å². The summed E-state index contributed by atoms with van der Waals surface area (Å²) in [6.07, 6.45) is 2.92. The highest BCUT2D eigenvalue weighted by molar-refractivity contribution is 5.65. The molecule has 0 spiro atoms. The lowest BCUT2D eigenvalue weighted by molar-refractivity contribution is 0.175. The van der Waals surface area contributed by atoms with Crippen LogP contribution in [0.2, 0.25) is 0 Å². The van der Waals surface area contributed by atoms with Gasteiger partial charge in [0.2, 0.25) is 0 Å². The molecule has 0 aliphatic carbocycles. The number of hydrogen-bond acceptors (Lipinski definition) is 1. The molecule has 0 unspecified atom stereocenters. The lowest BCUT2D eigenvalue weighted by Gasteiger charge is -2.28. The molecular weight excluding hydrogens is 154 g/mol. The van der Waals surface area contributed by atoms with Gasteiger partial charge in [0.25, 0.3) is 0 Å². The van der Waals surface area contributed by atoms with Gasteiger partial charge in [-0.1, -0.05) is 26.7 Å². The molecule has 12 heavy (non-hydrogen) atoms. The van der Waals surface area contributed by atoms with Crippen molar-refractivity contribution in [2.24, 2.45) is 0 Å². The molecule has 0 aromatic heterocycles. The second-order valence-electron chi connectivity index (χ2n) is 3.49. The third-order valence-electron chi connectivity index (χ3n) is 2.01. The number of rotatable bonds is 5. The van der Waals surface area contributed by atoms with Crippen molar-refractivity contribution in [2.75, 3.05) is 0 Å². The van der Waals surface area contributed by atoms with E-state index in [1.54, 1.807) is 0 Å². The lowest BCUT2D eigenvalue weighted by atomic mass is 9.91. The second-order valence-corrected chi connectivity index (χ2v) is 3.49. The van der Waals surface area contributed by atoms with Crippen LogP contribution in [-0.2, 0) is 0 Å². The first kappa shape index (κ1) is 11.3. The average molecular weight is 173 g/mol. The van der Waals surface area contributed by atoms with Gasteiger partial charge in [-0.05, 0) is 19.8 Å². The summed E-state index contributed by atoms with van der Waals surface area (Å²) in [5.41, 5.74) is -0.227. The van der Waals surface area contributed by atoms with Crippen LogP contribution in [0.3, 0.4) is 0 Å². The van der Waals surface area contributed by atoms with E-state index >= 15 is 0 Å². The van der Waals surface area contributed by atoms with Crippen LogP contribution in [0.4, 0.5) is 4.79 Å². The first-order chi connectivity index (χ1) is 5.54. The van der Waals surface area contributed by atoms with E-state index in [0.29, 0.717) is 0 Å². The van der Waals surface area contributed by atoms with Crippen molar-refractivity contribution in [3.63, 3.8) is 0 Å². The van der Waals surface area contributed by atoms with Gasteiger partial charge in [0, 0.05) is 5.54 Å². The minimum absolute atomic E-state index is 0.227. The van der Waals surface area contributed by atoms with Crippen LogP contribution in [0, 0.1) is 0 Å². The van der Waals surface area contributed by atoms with Crippen molar-refractivity contribution in [1.82, 2.24) is 5.32 Å². The van der Waals surface area contributed by atoms with E-state index in [1.165, 1.54) is 0 Å². The third kappa shape index (κ3) is 4.21. The molecule has 0 atom stereocenters. The van der Waals surface area contributed by atoms with Crippen LogP contribution in [0.5, 0.6) is 0 Å². The van der Waals surface area contributed by atoms with Gasteiger partial charge in [-0.25, -0.2) is 4.79 Å². The second kappa shape index (κ2) is 5.01. The Bertz CT molecular complexity index is 139. The van der Waals surface area contributed by atoms with E-state index in [1.807, 2.05) is 6.92 Å². The molecule has 0 aliphatic rings. The Balaban J connectivity index is 4.07. The topological polar surface area (TPSA) is 49.3 Å². The molecule has 0 bridgehead atoms. The van der Waals surface area contributed by atoms with Gasteiger partial charge in [-0.3, -0.25) is 0 Å². The Morgan fingerprint density at radius 2 is 1.75 bits per heavy atom. The Labute approximate surface area is 74.2 Å². The summed E-state index contributed by atoms with van der Waals surface area (Å²) >= 11 is 0. The molecule has 3 heteroatoms. The van der Waals surface area contributed by atoms with Crippen molar-refractivity contribution >= 4 is 6.09 Å². The molecule has 0 radical (unpaired) electrons. The highest BCUT2D eigenvalue weighted by Gasteiger charge is 2.23. The fourth-order valence-electron chi connectivity index (χ4n) is 1.61. The molecule has 72 valence electrons. The smallest absolute Gasteiger partial charge is 0.405 e. The Morgan fingerprint density at radius 3 is 2.00 bits per heavy atom. The van der Waals surface area contributed by atoms with E-state index in [4.69, 9.17) is 5.11 Å². The predicted molar refractivity (Wildman–Crippen MR) is 49.4 cm³/mol. The van der Waals surface area contributed by atoms with E-state index in [9.17, 15) is 4.79 Å². The number of hydrogen-bond donors (Lipinski definition) is 2. The number of carbonyl (C=O) groups is 1. The summed E-state index contributed by atoms with van der Waals surface area (Å²) in [6.45, 7) is 6.10. The first-order valence-electron chi connectivity index (χ1n) is 4.55. The van der Waals surface area contributed by atoms with Gasteiger partial charge in [0.05, 0.1) is 0 Å². The van der Waals surface area contributed by atoms with Gasteiger partial charge in [-0.15, -0.1) is 0 Å². The summed E-state index contributed by atoms with van der Waals surface area (Å²) in [6, 6.07) is 0. The molecule has 1 amide bonds. The molecule has 0 heterocycles. The van der Waals surface area contributed by atoms with Crippen LogP contribution in [0.25, 0.3) is 0 Å². The average Bonchev–Trinajstić information content (AvgIpc) is 1.85. The van der Waals surface area contributed by atoms with Crippen molar-refractivity contribution < 1.29 is 9.90 Å². The molecule has 0 aliphatic heterocycles. The molecule has 0 aromatic rings. The molecule has 3 nitrogen and oxygen atoms in total. The zero-order valence-electron chi connectivity index (χ0n) is 8.18. The molecule has 0 saturated heterocycles. The molecule has 0 aromatic carbocycles. The predicted octanol–water partition coefficient (Wildman–Crippen LogP) is 2.61. The first-order valence-corrected chi connectivity index (χ1v) is 4.55. The number of nitrogens with one attached hydrogen (secondary N) is 1. The Morgan fingerprint density at radius 1 is 1.33 bits per heavy atom. The highest BCUT2D eigenvalue weighted by Crippen LogP contribution is 2.18. The zero-order valence-corrected chi connectivity index (χ0v) is 8.18. The SMILES string of the molecule is CCCC(C)(CCC)NC(=O)O. The van der Waals surface area contributed by atoms with E-state index in [2.05, 4.69) is 19.2 Å². The van der Waals surface area contributed by atoms with E-state index in [-0.39, 0.29) is 5.54 Å². The van der Waals surface area contributed by atoms with Crippen molar-refractivity contribution in [1.29, 1.82) is 0 Å².